The third-order valence-electron chi connectivity index (χ3n) is 3.12. The van der Waals surface area contributed by atoms with E-state index in [1.165, 1.54) is 42.6 Å². The number of carbonyl (C=O) groups is 1. The van der Waals surface area contributed by atoms with E-state index in [9.17, 15) is 19.7 Å². The minimum absolute atomic E-state index is 0.126. The molecule has 126 valence electrons. The van der Waals surface area contributed by atoms with Crippen LogP contribution in [-0.2, 0) is 0 Å². The maximum Gasteiger partial charge on any atom is 0.349 e. The summed E-state index contributed by atoms with van der Waals surface area (Å²) < 4.78 is 10.00. The van der Waals surface area contributed by atoms with Crippen LogP contribution in [-0.4, -0.2) is 17.0 Å². The van der Waals surface area contributed by atoms with Crippen molar-refractivity contribution in [3.8, 4) is 0 Å². The number of nitrogens with zero attached hydrogens (tertiary/aromatic N) is 2. The van der Waals surface area contributed by atoms with Crippen molar-refractivity contribution in [2.75, 3.05) is 0 Å². The lowest BCUT2D eigenvalue weighted by Crippen LogP contribution is -2.24. The lowest BCUT2D eigenvalue weighted by atomic mass is 10.1. The Labute approximate surface area is 143 Å². The quantitative estimate of drug-likeness (QED) is 0.329. The second kappa shape index (κ2) is 6.57. The number of rotatable bonds is 4. The molecule has 0 aliphatic rings. The van der Waals surface area contributed by atoms with E-state index in [0.29, 0.717) is 5.76 Å². The van der Waals surface area contributed by atoms with Crippen LogP contribution in [0.25, 0.3) is 11.0 Å². The fourth-order valence-corrected chi connectivity index (χ4v) is 2.15. The molecule has 0 saturated carbocycles. The Morgan fingerprint density at radius 2 is 2.04 bits per heavy atom. The van der Waals surface area contributed by atoms with Crippen molar-refractivity contribution in [3.05, 3.63) is 73.5 Å². The molecule has 2 heterocycles. The SMILES string of the molecule is O=C(NN=Cc1ccc(Cl)o1)c1cc2cc([N+](=O)[O-])ccc2oc1=O. The first-order chi connectivity index (χ1) is 11.9. The lowest BCUT2D eigenvalue weighted by Gasteiger charge is -2.01. The zero-order chi connectivity index (χ0) is 18.0. The van der Waals surface area contributed by atoms with Crippen molar-refractivity contribution < 1.29 is 18.6 Å². The van der Waals surface area contributed by atoms with Gasteiger partial charge in [0.1, 0.15) is 16.9 Å². The third kappa shape index (κ3) is 3.56. The summed E-state index contributed by atoms with van der Waals surface area (Å²) in [6.45, 7) is 0. The molecule has 9 nitrogen and oxygen atoms in total. The molecule has 3 rings (SSSR count). The molecule has 1 amide bonds. The van der Waals surface area contributed by atoms with Crippen molar-refractivity contribution in [3.63, 3.8) is 0 Å². The maximum atomic E-state index is 12.0. The molecule has 0 fully saturated rings. The molecule has 1 N–H and O–H groups in total. The molecule has 0 atom stereocenters. The van der Waals surface area contributed by atoms with Crippen LogP contribution < -0.4 is 11.1 Å². The average molecular weight is 362 g/mol. The summed E-state index contributed by atoms with van der Waals surface area (Å²) in [5, 5.41) is 14.8. The Kier molecular flexibility index (Phi) is 4.31. The topological polar surface area (TPSA) is 128 Å². The van der Waals surface area contributed by atoms with Crippen molar-refractivity contribution in [2.24, 2.45) is 5.10 Å². The van der Waals surface area contributed by atoms with Gasteiger partial charge in [-0.1, -0.05) is 0 Å². The van der Waals surface area contributed by atoms with E-state index in [-0.39, 0.29) is 27.4 Å². The number of hydrogen-bond acceptors (Lipinski definition) is 7. The number of non-ortho nitro benzene ring substituents is 1. The molecule has 0 spiro atoms. The molecule has 0 radical (unpaired) electrons. The smallest absolute Gasteiger partial charge is 0.349 e. The van der Waals surface area contributed by atoms with Crippen molar-refractivity contribution >= 4 is 40.4 Å². The molecule has 2 aromatic heterocycles. The Hall–Kier alpha value is -3.46. The molecule has 25 heavy (non-hydrogen) atoms. The standard InChI is InChI=1S/C15H8ClN3O6/c16-13-4-2-10(24-13)7-17-18-14(20)11-6-8-5-9(19(22)23)1-3-12(8)25-15(11)21/h1-7H,(H,18,20). The van der Waals surface area contributed by atoms with Gasteiger partial charge in [-0.15, -0.1) is 0 Å². The van der Waals surface area contributed by atoms with E-state index in [4.69, 9.17) is 20.4 Å². The average Bonchev–Trinajstić information content (AvgIpc) is 2.98. The van der Waals surface area contributed by atoms with Gasteiger partial charge in [-0.2, -0.15) is 5.10 Å². The van der Waals surface area contributed by atoms with Crippen LogP contribution in [0.4, 0.5) is 5.69 Å². The van der Waals surface area contributed by atoms with Crippen LogP contribution in [0.3, 0.4) is 0 Å². The van der Waals surface area contributed by atoms with Gasteiger partial charge in [-0.3, -0.25) is 14.9 Å². The summed E-state index contributed by atoms with van der Waals surface area (Å²) in [4.78, 5) is 34.1. The number of halogens is 1. The maximum absolute atomic E-state index is 12.0. The number of amides is 1. The van der Waals surface area contributed by atoms with E-state index < -0.39 is 16.5 Å². The van der Waals surface area contributed by atoms with Gasteiger partial charge in [-0.25, -0.2) is 10.2 Å². The van der Waals surface area contributed by atoms with Gasteiger partial charge in [0.2, 0.25) is 0 Å². The molecular formula is C15H8ClN3O6. The number of nitro groups is 1. The molecule has 0 unspecified atom stereocenters. The number of carbonyl (C=O) groups excluding carboxylic acids is 1. The van der Waals surface area contributed by atoms with E-state index in [0.717, 1.165) is 0 Å². The second-order valence-corrected chi connectivity index (χ2v) is 5.14. The number of fused-ring (bicyclic) bond motifs is 1. The monoisotopic (exact) mass is 361 g/mol. The zero-order valence-corrected chi connectivity index (χ0v) is 13.0. The molecule has 0 aliphatic heterocycles. The van der Waals surface area contributed by atoms with Gasteiger partial charge in [0, 0.05) is 17.5 Å². The molecule has 0 saturated heterocycles. The minimum atomic E-state index is -0.893. The number of hydrazone groups is 1. The first kappa shape index (κ1) is 16.4. The van der Waals surface area contributed by atoms with Crippen LogP contribution in [0, 0.1) is 10.1 Å². The summed E-state index contributed by atoms with van der Waals surface area (Å²) >= 11 is 5.59. The van der Waals surface area contributed by atoms with Crippen LogP contribution >= 0.6 is 11.6 Å². The van der Waals surface area contributed by atoms with Crippen LogP contribution in [0.2, 0.25) is 5.22 Å². The fourth-order valence-electron chi connectivity index (χ4n) is 2.00. The highest BCUT2D eigenvalue weighted by Gasteiger charge is 2.15. The van der Waals surface area contributed by atoms with Gasteiger partial charge >= 0.3 is 5.63 Å². The number of nitrogens with one attached hydrogen (secondary N) is 1. The predicted molar refractivity (Wildman–Crippen MR) is 87.9 cm³/mol. The van der Waals surface area contributed by atoms with E-state index in [1.54, 1.807) is 0 Å². The number of nitro benzene ring substituents is 1. The Morgan fingerprint density at radius 1 is 1.24 bits per heavy atom. The molecular weight excluding hydrogens is 354 g/mol. The highest BCUT2D eigenvalue weighted by Crippen LogP contribution is 2.20. The van der Waals surface area contributed by atoms with E-state index in [2.05, 4.69) is 10.5 Å². The van der Waals surface area contributed by atoms with Crippen LogP contribution in [0.1, 0.15) is 16.1 Å². The minimum Gasteiger partial charge on any atom is -0.444 e. The summed E-state index contributed by atoms with van der Waals surface area (Å²) in [6.07, 6.45) is 1.19. The van der Waals surface area contributed by atoms with Crippen LogP contribution in [0.5, 0.6) is 0 Å². The number of hydrogen-bond donors (Lipinski definition) is 1. The summed E-state index contributed by atoms with van der Waals surface area (Å²) in [6, 6.07) is 7.90. The summed E-state index contributed by atoms with van der Waals surface area (Å²) in [5.41, 5.74) is 0.827. The predicted octanol–water partition coefficient (Wildman–Crippen LogP) is 2.71. The Morgan fingerprint density at radius 3 is 2.72 bits per heavy atom. The van der Waals surface area contributed by atoms with Gasteiger partial charge in [0.05, 0.1) is 11.1 Å². The third-order valence-corrected chi connectivity index (χ3v) is 3.33. The van der Waals surface area contributed by atoms with Crippen molar-refractivity contribution in [1.29, 1.82) is 0 Å². The highest BCUT2D eigenvalue weighted by molar-refractivity contribution is 6.28. The fraction of sp³-hybridized carbons (Fsp3) is 0. The van der Waals surface area contributed by atoms with Crippen molar-refractivity contribution in [2.45, 2.75) is 0 Å². The van der Waals surface area contributed by atoms with Crippen LogP contribution in [0.15, 0.2) is 55.1 Å². The molecule has 0 bridgehead atoms. The zero-order valence-electron chi connectivity index (χ0n) is 12.3. The Balaban J connectivity index is 1.87. The lowest BCUT2D eigenvalue weighted by molar-refractivity contribution is -0.384. The number of furan rings is 1. The van der Waals surface area contributed by atoms with Gasteiger partial charge in [0.15, 0.2) is 5.22 Å². The molecule has 1 aromatic carbocycles. The highest BCUT2D eigenvalue weighted by atomic mass is 35.5. The van der Waals surface area contributed by atoms with Gasteiger partial charge in [-0.05, 0) is 35.9 Å². The second-order valence-electron chi connectivity index (χ2n) is 4.77. The normalized spacial score (nSPS) is 11.1. The largest absolute Gasteiger partial charge is 0.444 e. The molecule has 10 heteroatoms. The molecule has 0 aliphatic carbocycles. The summed E-state index contributed by atoms with van der Waals surface area (Å²) in [7, 11) is 0. The number of benzene rings is 1. The van der Waals surface area contributed by atoms with E-state index >= 15 is 0 Å². The van der Waals surface area contributed by atoms with E-state index in [1.807, 2.05) is 0 Å². The molecule has 3 aromatic rings. The first-order valence-corrected chi connectivity index (χ1v) is 7.13. The van der Waals surface area contributed by atoms with Gasteiger partial charge in [0.25, 0.3) is 11.6 Å². The van der Waals surface area contributed by atoms with Crippen molar-refractivity contribution in [1.82, 2.24) is 5.43 Å². The summed E-state index contributed by atoms with van der Waals surface area (Å²) in [5.74, 6) is -0.539. The van der Waals surface area contributed by atoms with Gasteiger partial charge < -0.3 is 8.83 Å². The Bertz CT molecular complexity index is 1070. The first-order valence-electron chi connectivity index (χ1n) is 6.75.